The summed E-state index contributed by atoms with van der Waals surface area (Å²) in [7, 11) is 1.73. The van der Waals surface area contributed by atoms with Crippen molar-refractivity contribution >= 4 is 5.97 Å². The fraction of sp³-hybridized carbons (Fsp3) is 0.444. The van der Waals surface area contributed by atoms with Crippen molar-refractivity contribution in [1.29, 1.82) is 0 Å². The Morgan fingerprint density at radius 1 is 1.73 bits per heavy atom. The van der Waals surface area contributed by atoms with Gasteiger partial charge in [0.05, 0.1) is 18.4 Å². The standard InChI is InChI=1S/C9H13N3O3/c1-3-15-9(14)7(5-13)4-8-10-6-12(2)11-8/h5-6,13H,3-4H2,1-2H3/b7-5-. The molecule has 0 atom stereocenters. The van der Waals surface area contributed by atoms with Crippen molar-refractivity contribution in [1.82, 2.24) is 14.8 Å². The molecule has 0 amide bonds. The predicted octanol–water partition coefficient (Wildman–Crippen LogP) is 0.363. The molecule has 6 heteroatoms. The van der Waals surface area contributed by atoms with Gasteiger partial charge >= 0.3 is 5.97 Å². The van der Waals surface area contributed by atoms with E-state index in [-0.39, 0.29) is 18.6 Å². The van der Waals surface area contributed by atoms with E-state index in [1.165, 1.54) is 11.0 Å². The highest BCUT2D eigenvalue weighted by Gasteiger charge is 2.13. The van der Waals surface area contributed by atoms with E-state index < -0.39 is 5.97 Å². The van der Waals surface area contributed by atoms with Gasteiger partial charge in [0.15, 0.2) is 5.82 Å². The van der Waals surface area contributed by atoms with E-state index in [4.69, 9.17) is 9.84 Å². The molecule has 0 unspecified atom stereocenters. The molecule has 0 fully saturated rings. The Hall–Kier alpha value is -1.85. The number of rotatable bonds is 4. The Balaban J connectivity index is 2.66. The molecule has 0 aliphatic rings. The van der Waals surface area contributed by atoms with Gasteiger partial charge < -0.3 is 9.84 Å². The van der Waals surface area contributed by atoms with Crippen LogP contribution in [0, 0.1) is 0 Å². The summed E-state index contributed by atoms with van der Waals surface area (Å²) in [5.74, 6) is -0.0849. The van der Waals surface area contributed by atoms with Crippen LogP contribution in [0.3, 0.4) is 0 Å². The van der Waals surface area contributed by atoms with Crippen molar-refractivity contribution < 1.29 is 14.6 Å². The number of nitrogens with zero attached hydrogens (tertiary/aromatic N) is 3. The summed E-state index contributed by atoms with van der Waals surface area (Å²) in [5, 5.41) is 12.9. The number of aromatic nitrogens is 3. The van der Waals surface area contributed by atoms with Gasteiger partial charge in [-0.3, -0.25) is 4.68 Å². The molecule has 0 radical (unpaired) electrons. The lowest BCUT2D eigenvalue weighted by molar-refractivity contribution is -0.138. The van der Waals surface area contributed by atoms with Crippen LogP contribution < -0.4 is 0 Å². The largest absolute Gasteiger partial charge is 0.515 e. The van der Waals surface area contributed by atoms with Crippen molar-refractivity contribution in [2.75, 3.05) is 6.61 Å². The predicted molar refractivity (Wildman–Crippen MR) is 52.1 cm³/mol. The average Bonchev–Trinajstić information content (AvgIpc) is 2.61. The van der Waals surface area contributed by atoms with Crippen molar-refractivity contribution in [3.05, 3.63) is 24.0 Å². The summed E-state index contributed by atoms with van der Waals surface area (Å²) >= 11 is 0. The Labute approximate surface area is 87.2 Å². The van der Waals surface area contributed by atoms with E-state index in [9.17, 15) is 4.79 Å². The number of aliphatic hydroxyl groups is 1. The van der Waals surface area contributed by atoms with Gasteiger partial charge in [0.1, 0.15) is 6.33 Å². The highest BCUT2D eigenvalue weighted by atomic mass is 16.5. The Morgan fingerprint density at radius 2 is 2.47 bits per heavy atom. The molecule has 0 saturated heterocycles. The first kappa shape index (κ1) is 11.2. The molecule has 0 saturated carbocycles. The van der Waals surface area contributed by atoms with E-state index in [2.05, 4.69) is 10.1 Å². The molecule has 0 aromatic carbocycles. The minimum absolute atomic E-state index is 0.142. The van der Waals surface area contributed by atoms with Crippen LogP contribution >= 0.6 is 0 Å². The second kappa shape index (κ2) is 5.14. The summed E-state index contributed by atoms with van der Waals surface area (Å²) in [6.45, 7) is 1.97. The molecule has 1 N–H and O–H groups in total. The van der Waals surface area contributed by atoms with Gasteiger partial charge in [0, 0.05) is 13.5 Å². The zero-order valence-electron chi connectivity index (χ0n) is 8.67. The SMILES string of the molecule is CCOC(=O)/C(=C\O)Cc1ncn(C)n1. The molecule has 15 heavy (non-hydrogen) atoms. The van der Waals surface area contributed by atoms with Crippen LogP contribution in [0.4, 0.5) is 0 Å². The topological polar surface area (TPSA) is 77.2 Å². The maximum Gasteiger partial charge on any atom is 0.337 e. The fourth-order valence-corrected chi connectivity index (χ4v) is 1.03. The third-order valence-corrected chi connectivity index (χ3v) is 1.69. The van der Waals surface area contributed by atoms with E-state index in [1.807, 2.05) is 0 Å². The van der Waals surface area contributed by atoms with E-state index in [0.29, 0.717) is 5.82 Å². The summed E-state index contributed by atoms with van der Waals surface area (Å²) in [6, 6.07) is 0. The first-order valence-electron chi connectivity index (χ1n) is 4.52. The second-order valence-corrected chi connectivity index (χ2v) is 2.89. The van der Waals surface area contributed by atoms with Crippen LogP contribution in [-0.2, 0) is 23.0 Å². The van der Waals surface area contributed by atoms with Gasteiger partial charge in [-0.1, -0.05) is 0 Å². The molecule has 1 heterocycles. The van der Waals surface area contributed by atoms with Gasteiger partial charge in [-0.15, -0.1) is 0 Å². The first-order valence-corrected chi connectivity index (χ1v) is 4.52. The highest BCUT2D eigenvalue weighted by molar-refractivity contribution is 5.88. The van der Waals surface area contributed by atoms with Crippen molar-refractivity contribution in [2.24, 2.45) is 7.05 Å². The van der Waals surface area contributed by atoms with Crippen LogP contribution in [0.15, 0.2) is 18.2 Å². The molecular formula is C9H13N3O3. The number of hydrogen-bond acceptors (Lipinski definition) is 5. The quantitative estimate of drug-likeness (QED) is 0.442. The number of esters is 1. The minimum Gasteiger partial charge on any atom is -0.515 e. The van der Waals surface area contributed by atoms with Gasteiger partial charge in [0.2, 0.25) is 0 Å². The lowest BCUT2D eigenvalue weighted by Crippen LogP contribution is -2.10. The van der Waals surface area contributed by atoms with E-state index in [0.717, 1.165) is 6.26 Å². The Kier molecular flexibility index (Phi) is 3.84. The van der Waals surface area contributed by atoms with Crippen molar-refractivity contribution in [3.8, 4) is 0 Å². The monoisotopic (exact) mass is 211 g/mol. The van der Waals surface area contributed by atoms with Gasteiger partial charge in [0.25, 0.3) is 0 Å². The lowest BCUT2D eigenvalue weighted by atomic mass is 10.2. The Morgan fingerprint density at radius 3 is 2.93 bits per heavy atom. The molecule has 6 nitrogen and oxygen atoms in total. The molecule has 1 aromatic heterocycles. The van der Waals surface area contributed by atoms with Gasteiger partial charge in [-0.05, 0) is 6.92 Å². The molecular weight excluding hydrogens is 198 g/mol. The smallest absolute Gasteiger partial charge is 0.337 e. The minimum atomic E-state index is -0.549. The zero-order chi connectivity index (χ0) is 11.3. The third-order valence-electron chi connectivity index (χ3n) is 1.69. The first-order chi connectivity index (χ1) is 7.17. The van der Waals surface area contributed by atoms with Crippen LogP contribution in [0.1, 0.15) is 12.7 Å². The molecule has 0 aliphatic carbocycles. The summed E-state index contributed by atoms with van der Waals surface area (Å²) in [6.07, 6.45) is 2.42. The number of aliphatic hydroxyl groups excluding tert-OH is 1. The van der Waals surface area contributed by atoms with Crippen LogP contribution in [0.25, 0.3) is 0 Å². The molecule has 1 rings (SSSR count). The van der Waals surface area contributed by atoms with Crippen LogP contribution in [0.2, 0.25) is 0 Å². The van der Waals surface area contributed by atoms with Crippen molar-refractivity contribution in [3.63, 3.8) is 0 Å². The maximum atomic E-state index is 11.3. The number of carbonyl (C=O) groups is 1. The molecule has 0 aliphatic heterocycles. The highest BCUT2D eigenvalue weighted by Crippen LogP contribution is 2.04. The molecule has 0 bridgehead atoms. The molecule has 82 valence electrons. The maximum absolute atomic E-state index is 11.3. The normalized spacial score (nSPS) is 11.5. The lowest BCUT2D eigenvalue weighted by Gasteiger charge is -2.02. The fourth-order valence-electron chi connectivity index (χ4n) is 1.03. The third kappa shape index (κ3) is 3.08. The Bertz CT molecular complexity index is 370. The zero-order valence-corrected chi connectivity index (χ0v) is 8.67. The number of hydrogen-bond donors (Lipinski definition) is 1. The summed E-state index contributed by atoms with van der Waals surface area (Å²) in [5.41, 5.74) is 0.142. The average molecular weight is 211 g/mol. The number of aryl methyl sites for hydroxylation is 1. The number of ether oxygens (including phenoxy) is 1. The molecule has 1 aromatic rings. The van der Waals surface area contributed by atoms with Gasteiger partial charge in [-0.2, -0.15) is 5.10 Å². The second-order valence-electron chi connectivity index (χ2n) is 2.89. The van der Waals surface area contributed by atoms with Crippen LogP contribution in [0.5, 0.6) is 0 Å². The molecule has 0 spiro atoms. The van der Waals surface area contributed by atoms with Crippen molar-refractivity contribution in [2.45, 2.75) is 13.3 Å². The number of carbonyl (C=O) groups excluding carboxylic acids is 1. The van der Waals surface area contributed by atoms with Crippen LogP contribution in [-0.4, -0.2) is 32.4 Å². The summed E-state index contributed by atoms with van der Waals surface area (Å²) in [4.78, 5) is 15.2. The van der Waals surface area contributed by atoms with E-state index >= 15 is 0 Å². The van der Waals surface area contributed by atoms with Gasteiger partial charge in [-0.25, -0.2) is 9.78 Å². The van der Waals surface area contributed by atoms with E-state index in [1.54, 1.807) is 14.0 Å². The summed E-state index contributed by atoms with van der Waals surface area (Å²) < 4.78 is 6.27.